The van der Waals surface area contributed by atoms with Gasteiger partial charge in [-0.15, -0.1) is 11.3 Å². The molecule has 0 bridgehead atoms. The summed E-state index contributed by atoms with van der Waals surface area (Å²) in [6.45, 7) is 6.03. The summed E-state index contributed by atoms with van der Waals surface area (Å²) in [5, 5.41) is 13.0. The normalized spacial score (nSPS) is 17.0. The number of anilines is 2. The lowest BCUT2D eigenvalue weighted by Crippen LogP contribution is -2.46. The van der Waals surface area contributed by atoms with Crippen molar-refractivity contribution < 1.29 is 5.11 Å². The first-order valence-electron chi connectivity index (χ1n) is 7.45. The highest BCUT2D eigenvalue weighted by molar-refractivity contribution is 7.13. The van der Waals surface area contributed by atoms with Crippen LogP contribution in [0.25, 0.3) is 0 Å². The van der Waals surface area contributed by atoms with Gasteiger partial charge in [-0.1, -0.05) is 19.1 Å². The van der Waals surface area contributed by atoms with E-state index in [1.165, 1.54) is 5.69 Å². The Labute approximate surface area is 129 Å². The van der Waals surface area contributed by atoms with Crippen molar-refractivity contribution >= 4 is 22.2 Å². The molecule has 1 aliphatic heterocycles. The second-order valence-electron chi connectivity index (χ2n) is 5.30. The summed E-state index contributed by atoms with van der Waals surface area (Å²) in [7, 11) is 0. The SMILES string of the molecule is CCC(O)c1ccc(N2CCN(c3nccs3)CC2)cc1. The van der Waals surface area contributed by atoms with Gasteiger partial charge in [0.05, 0.1) is 6.10 Å². The van der Waals surface area contributed by atoms with Gasteiger partial charge in [-0.3, -0.25) is 0 Å². The first-order valence-corrected chi connectivity index (χ1v) is 8.33. The van der Waals surface area contributed by atoms with E-state index >= 15 is 0 Å². The van der Waals surface area contributed by atoms with E-state index in [1.807, 2.05) is 30.6 Å². The Balaban J connectivity index is 1.61. The molecule has 0 aliphatic carbocycles. The lowest BCUT2D eigenvalue weighted by Gasteiger charge is -2.36. The summed E-state index contributed by atoms with van der Waals surface area (Å²) in [6.07, 6.45) is 2.27. The average Bonchev–Trinajstić information content (AvgIpc) is 3.09. The maximum atomic E-state index is 9.84. The molecule has 112 valence electrons. The van der Waals surface area contributed by atoms with Gasteiger partial charge in [-0.05, 0) is 24.1 Å². The zero-order chi connectivity index (χ0) is 14.7. The molecule has 1 unspecified atom stereocenters. The maximum absolute atomic E-state index is 9.84. The van der Waals surface area contributed by atoms with Crippen LogP contribution in [0.2, 0.25) is 0 Å². The molecule has 4 nitrogen and oxygen atoms in total. The molecule has 2 aromatic rings. The molecule has 21 heavy (non-hydrogen) atoms. The summed E-state index contributed by atoms with van der Waals surface area (Å²) in [6, 6.07) is 8.31. The summed E-state index contributed by atoms with van der Waals surface area (Å²) >= 11 is 1.70. The fourth-order valence-electron chi connectivity index (χ4n) is 2.67. The van der Waals surface area contributed by atoms with Gasteiger partial charge in [-0.25, -0.2) is 4.98 Å². The van der Waals surface area contributed by atoms with Crippen LogP contribution in [0, 0.1) is 0 Å². The quantitative estimate of drug-likeness (QED) is 0.943. The molecule has 1 saturated heterocycles. The van der Waals surface area contributed by atoms with Gasteiger partial charge in [0.25, 0.3) is 0 Å². The monoisotopic (exact) mass is 303 g/mol. The predicted octanol–water partition coefficient (Wildman–Crippen LogP) is 2.91. The molecular weight excluding hydrogens is 282 g/mol. The van der Waals surface area contributed by atoms with Crippen LogP contribution >= 0.6 is 11.3 Å². The highest BCUT2D eigenvalue weighted by atomic mass is 32.1. The van der Waals surface area contributed by atoms with Crippen LogP contribution in [0.3, 0.4) is 0 Å². The minimum atomic E-state index is -0.346. The molecule has 1 aromatic carbocycles. The standard InChI is InChI=1S/C16H21N3OS/c1-2-15(20)13-3-5-14(6-4-13)18-8-10-19(11-9-18)16-17-7-12-21-16/h3-7,12,15,20H,2,8-11H2,1H3. The van der Waals surface area contributed by atoms with Crippen LogP contribution in [0.5, 0.6) is 0 Å². The molecule has 0 radical (unpaired) electrons. The van der Waals surface area contributed by atoms with Crippen molar-refractivity contribution in [1.29, 1.82) is 0 Å². The molecule has 0 amide bonds. The number of aliphatic hydroxyl groups excluding tert-OH is 1. The predicted molar refractivity (Wildman–Crippen MR) is 88.2 cm³/mol. The number of rotatable bonds is 4. The summed E-state index contributed by atoms with van der Waals surface area (Å²) in [5.41, 5.74) is 2.24. The Hall–Kier alpha value is -1.59. The number of thiazole rings is 1. The van der Waals surface area contributed by atoms with E-state index in [2.05, 4.69) is 26.9 Å². The molecule has 0 saturated carbocycles. The minimum absolute atomic E-state index is 0.346. The lowest BCUT2D eigenvalue weighted by molar-refractivity contribution is 0.173. The second-order valence-corrected chi connectivity index (χ2v) is 6.18. The van der Waals surface area contributed by atoms with Crippen LogP contribution in [0.1, 0.15) is 25.0 Å². The highest BCUT2D eigenvalue weighted by Crippen LogP contribution is 2.24. The third kappa shape index (κ3) is 3.19. The summed E-state index contributed by atoms with van der Waals surface area (Å²) in [5.74, 6) is 0. The molecule has 3 rings (SSSR count). The first kappa shape index (κ1) is 14.4. The highest BCUT2D eigenvalue weighted by Gasteiger charge is 2.19. The summed E-state index contributed by atoms with van der Waals surface area (Å²) in [4.78, 5) is 9.11. The van der Waals surface area contributed by atoms with Crippen LogP contribution in [0.15, 0.2) is 35.8 Å². The van der Waals surface area contributed by atoms with Gasteiger partial charge in [0.15, 0.2) is 5.13 Å². The Morgan fingerprint density at radius 3 is 2.38 bits per heavy atom. The maximum Gasteiger partial charge on any atom is 0.185 e. The van der Waals surface area contributed by atoms with Crippen molar-refractivity contribution in [2.75, 3.05) is 36.0 Å². The number of hydrogen-bond acceptors (Lipinski definition) is 5. The molecule has 1 fully saturated rings. The second kappa shape index (κ2) is 6.45. The van der Waals surface area contributed by atoms with Crippen LogP contribution in [-0.2, 0) is 0 Å². The van der Waals surface area contributed by atoms with E-state index in [0.717, 1.165) is 43.3 Å². The number of aliphatic hydroxyl groups is 1. The molecule has 2 heterocycles. The minimum Gasteiger partial charge on any atom is -0.388 e. The Bertz CT molecular complexity index is 547. The largest absolute Gasteiger partial charge is 0.388 e. The zero-order valence-electron chi connectivity index (χ0n) is 12.3. The van der Waals surface area contributed by atoms with Crippen molar-refractivity contribution in [3.05, 3.63) is 41.4 Å². The molecular formula is C16H21N3OS. The van der Waals surface area contributed by atoms with Crippen LogP contribution < -0.4 is 9.80 Å². The Morgan fingerprint density at radius 2 is 1.81 bits per heavy atom. The summed E-state index contributed by atoms with van der Waals surface area (Å²) < 4.78 is 0. The number of nitrogens with zero attached hydrogens (tertiary/aromatic N) is 3. The number of hydrogen-bond donors (Lipinski definition) is 1. The van der Waals surface area contributed by atoms with Gasteiger partial charge in [-0.2, -0.15) is 0 Å². The van der Waals surface area contributed by atoms with Gasteiger partial charge < -0.3 is 14.9 Å². The first-order chi connectivity index (χ1) is 10.3. The van der Waals surface area contributed by atoms with Crippen molar-refractivity contribution in [3.8, 4) is 0 Å². The van der Waals surface area contributed by atoms with Crippen molar-refractivity contribution in [1.82, 2.24) is 4.98 Å². The number of benzene rings is 1. The number of piperazine rings is 1. The van der Waals surface area contributed by atoms with Gasteiger partial charge in [0.2, 0.25) is 0 Å². The Morgan fingerprint density at radius 1 is 1.14 bits per heavy atom. The lowest BCUT2D eigenvalue weighted by atomic mass is 10.1. The van der Waals surface area contributed by atoms with Gasteiger partial charge >= 0.3 is 0 Å². The van der Waals surface area contributed by atoms with E-state index in [4.69, 9.17) is 0 Å². The van der Waals surface area contributed by atoms with E-state index in [-0.39, 0.29) is 6.10 Å². The van der Waals surface area contributed by atoms with Crippen molar-refractivity contribution in [3.63, 3.8) is 0 Å². The van der Waals surface area contributed by atoms with Gasteiger partial charge in [0, 0.05) is 43.4 Å². The van der Waals surface area contributed by atoms with E-state index in [1.54, 1.807) is 11.3 Å². The topological polar surface area (TPSA) is 39.6 Å². The fourth-order valence-corrected chi connectivity index (χ4v) is 3.37. The molecule has 5 heteroatoms. The van der Waals surface area contributed by atoms with Gasteiger partial charge in [0.1, 0.15) is 0 Å². The smallest absolute Gasteiger partial charge is 0.185 e. The zero-order valence-corrected chi connectivity index (χ0v) is 13.1. The van der Waals surface area contributed by atoms with Crippen molar-refractivity contribution in [2.45, 2.75) is 19.4 Å². The van der Waals surface area contributed by atoms with Crippen molar-refractivity contribution in [2.24, 2.45) is 0 Å². The third-order valence-corrected chi connectivity index (χ3v) is 4.83. The molecule has 1 aliphatic rings. The third-order valence-electron chi connectivity index (χ3n) is 4.00. The Kier molecular flexibility index (Phi) is 4.41. The molecule has 1 N–H and O–H groups in total. The molecule has 0 spiro atoms. The van der Waals surface area contributed by atoms with E-state index in [0.29, 0.717) is 0 Å². The van der Waals surface area contributed by atoms with Crippen LogP contribution in [0.4, 0.5) is 10.8 Å². The van der Waals surface area contributed by atoms with Crippen LogP contribution in [-0.4, -0.2) is 36.3 Å². The molecule has 1 atom stereocenters. The fraction of sp³-hybridized carbons (Fsp3) is 0.438. The molecule has 1 aromatic heterocycles. The average molecular weight is 303 g/mol. The van der Waals surface area contributed by atoms with E-state index in [9.17, 15) is 5.11 Å². The van der Waals surface area contributed by atoms with E-state index < -0.39 is 0 Å². The number of aromatic nitrogens is 1.